The van der Waals surface area contributed by atoms with Crippen molar-refractivity contribution in [3.05, 3.63) is 35.9 Å². The van der Waals surface area contributed by atoms with Gasteiger partial charge in [-0.05, 0) is 19.1 Å². The Bertz CT molecular complexity index is 389. The highest BCUT2D eigenvalue weighted by molar-refractivity contribution is 5.70. The zero-order valence-corrected chi connectivity index (χ0v) is 9.27. The van der Waals surface area contributed by atoms with Gasteiger partial charge in [-0.1, -0.05) is 30.0 Å². The number of carbonyl (C=O) groups excluding carboxylic acids is 1. The summed E-state index contributed by atoms with van der Waals surface area (Å²) in [6.45, 7) is 2.14. The molecule has 1 rings (SSSR count). The van der Waals surface area contributed by atoms with E-state index in [1.807, 2.05) is 30.3 Å². The van der Waals surface area contributed by atoms with Gasteiger partial charge in [0.2, 0.25) is 0 Å². The third-order valence-corrected chi connectivity index (χ3v) is 1.87. The van der Waals surface area contributed by atoms with Crippen molar-refractivity contribution in [3.8, 4) is 11.8 Å². The van der Waals surface area contributed by atoms with Crippen LogP contribution >= 0.6 is 0 Å². The summed E-state index contributed by atoms with van der Waals surface area (Å²) in [5, 5.41) is 0. The fourth-order valence-electron chi connectivity index (χ4n) is 1.15. The summed E-state index contributed by atoms with van der Waals surface area (Å²) in [7, 11) is 0. The van der Waals surface area contributed by atoms with Gasteiger partial charge >= 0.3 is 5.97 Å². The molecule has 0 saturated heterocycles. The molecule has 0 radical (unpaired) electrons. The third-order valence-electron chi connectivity index (χ3n) is 1.87. The van der Waals surface area contributed by atoms with E-state index in [1.165, 1.54) is 0 Å². The lowest BCUT2D eigenvalue weighted by atomic mass is 10.2. The van der Waals surface area contributed by atoms with Crippen molar-refractivity contribution in [1.82, 2.24) is 0 Å². The number of hydrogen-bond acceptors (Lipinski definition) is 3. The minimum absolute atomic E-state index is 0.133. The van der Waals surface area contributed by atoms with Gasteiger partial charge in [-0.3, -0.25) is 4.79 Å². The van der Waals surface area contributed by atoms with E-state index in [9.17, 15) is 4.79 Å². The van der Waals surface area contributed by atoms with Crippen molar-refractivity contribution in [3.63, 3.8) is 0 Å². The first-order chi connectivity index (χ1) is 7.72. The van der Waals surface area contributed by atoms with Crippen LogP contribution in [0.25, 0.3) is 0 Å². The summed E-state index contributed by atoms with van der Waals surface area (Å²) < 4.78 is 4.78. The Kier molecular flexibility index (Phi) is 5.10. The molecule has 1 aromatic carbocycles. The molecular weight excluding hydrogens is 202 g/mol. The van der Waals surface area contributed by atoms with Crippen LogP contribution in [0.5, 0.6) is 0 Å². The van der Waals surface area contributed by atoms with Crippen molar-refractivity contribution in [2.45, 2.75) is 19.4 Å². The fourth-order valence-corrected chi connectivity index (χ4v) is 1.15. The number of esters is 1. The van der Waals surface area contributed by atoms with Gasteiger partial charge in [0.25, 0.3) is 0 Å². The maximum Gasteiger partial charge on any atom is 0.308 e. The number of rotatable bonds is 3. The first-order valence-corrected chi connectivity index (χ1v) is 5.20. The maximum absolute atomic E-state index is 11.1. The monoisotopic (exact) mass is 217 g/mol. The Morgan fingerprint density at radius 2 is 2.12 bits per heavy atom. The van der Waals surface area contributed by atoms with Gasteiger partial charge in [0.05, 0.1) is 19.1 Å². The molecule has 3 nitrogen and oxygen atoms in total. The second-order valence-electron chi connectivity index (χ2n) is 3.25. The molecule has 1 unspecified atom stereocenters. The minimum Gasteiger partial charge on any atom is -0.466 e. The summed E-state index contributed by atoms with van der Waals surface area (Å²) in [6.07, 6.45) is 0.133. The molecule has 2 N–H and O–H groups in total. The van der Waals surface area contributed by atoms with E-state index in [2.05, 4.69) is 11.8 Å². The van der Waals surface area contributed by atoms with Crippen LogP contribution in [0.4, 0.5) is 0 Å². The van der Waals surface area contributed by atoms with E-state index in [4.69, 9.17) is 10.5 Å². The molecule has 1 atom stereocenters. The van der Waals surface area contributed by atoms with Gasteiger partial charge in [0.15, 0.2) is 0 Å². The molecule has 0 heterocycles. The summed E-state index contributed by atoms with van der Waals surface area (Å²) in [5.41, 5.74) is 6.57. The Morgan fingerprint density at radius 3 is 2.75 bits per heavy atom. The predicted molar refractivity (Wildman–Crippen MR) is 62.5 cm³/mol. The van der Waals surface area contributed by atoms with Crippen LogP contribution < -0.4 is 5.73 Å². The molecule has 1 aromatic rings. The number of hydrogen-bond donors (Lipinski definition) is 1. The van der Waals surface area contributed by atoms with Crippen molar-refractivity contribution < 1.29 is 9.53 Å². The molecule has 0 aliphatic rings. The third kappa shape index (κ3) is 4.63. The summed E-state index contributed by atoms with van der Waals surface area (Å²) in [4.78, 5) is 11.1. The Balaban J connectivity index is 2.49. The van der Waals surface area contributed by atoms with Crippen LogP contribution in [0.15, 0.2) is 30.3 Å². The Hall–Kier alpha value is -1.79. The smallest absolute Gasteiger partial charge is 0.308 e. The molecule has 0 saturated carbocycles. The molecule has 0 amide bonds. The Morgan fingerprint density at radius 1 is 1.44 bits per heavy atom. The molecule has 0 spiro atoms. The zero-order valence-electron chi connectivity index (χ0n) is 9.27. The SMILES string of the molecule is CCOC(=O)CC(N)C#Cc1ccccc1. The van der Waals surface area contributed by atoms with Crippen molar-refractivity contribution in [2.24, 2.45) is 5.73 Å². The predicted octanol–water partition coefficient (Wildman–Crippen LogP) is 1.32. The standard InChI is InChI=1S/C13H15NO2/c1-2-16-13(15)10-12(14)9-8-11-6-4-3-5-7-11/h3-7,12H,2,10,14H2,1H3. The molecule has 0 aliphatic heterocycles. The summed E-state index contributed by atoms with van der Waals surface area (Å²) in [5.74, 6) is 5.42. The van der Waals surface area contributed by atoms with Gasteiger partial charge in [0, 0.05) is 5.56 Å². The van der Waals surface area contributed by atoms with Crippen LogP contribution in [-0.2, 0) is 9.53 Å². The lowest BCUT2D eigenvalue weighted by molar-refractivity contribution is -0.143. The second kappa shape index (κ2) is 6.65. The number of carbonyl (C=O) groups is 1. The highest BCUT2D eigenvalue weighted by Gasteiger charge is 2.06. The Labute approximate surface area is 95.6 Å². The highest BCUT2D eigenvalue weighted by Crippen LogP contribution is 1.96. The van der Waals surface area contributed by atoms with E-state index in [0.29, 0.717) is 6.61 Å². The van der Waals surface area contributed by atoms with E-state index < -0.39 is 6.04 Å². The second-order valence-corrected chi connectivity index (χ2v) is 3.25. The molecule has 3 heteroatoms. The van der Waals surface area contributed by atoms with Gasteiger partial charge < -0.3 is 10.5 Å². The van der Waals surface area contributed by atoms with Gasteiger partial charge in [-0.25, -0.2) is 0 Å². The van der Waals surface area contributed by atoms with Crippen molar-refractivity contribution in [2.75, 3.05) is 6.61 Å². The number of nitrogens with two attached hydrogens (primary N) is 1. The van der Waals surface area contributed by atoms with E-state index >= 15 is 0 Å². The van der Waals surface area contributed by atoms with E-state index in [0.717, 1.165) is 5.56 Å². The normalized spacial score (nSPS) is 11.1. The van der Waals surface area contributed by atoms with Gasteiger partial charge in [-0.15, -0.1) is 0 Å². The molecule has 0 fully saturated rings. The zero-order chi connectivity index (χ0) is 11.8. The van der Waals surface area contributed by atoms with E-state index in [1.54, 1.807) is 6.92 Å². The van der Waals surface area contributed by atoms with Crippen LogP contribution in [0.2, 0.25) is 0 Å². The minimum atomic E-state index is -0.473. The fraction of sp³-hybridized carbons (Fsp3) is 0.308. The van der Waals surface area contributed by atoms with Crippen LogP contribution in [0.1, 0.15) is 18.9 Å². The van der Waals surface area contributed by atoms with Gasteiger partial charge in [-0.2, -0.15) is 0 Å². The molecule has 0 aromatic heterocycles. The van der Waals surface area contributed by atoms with E-state index in [-0.39, 0.29) is 12.4 Å². The first-order valence-electron chi connectivity index (χ1n) is 5.20. The average Bonchev–Trinajstić information content (AvgIpc) is 2.28. The first kappa shape index (κ1) is 12.3. The van der Waals surface area contributed by atoms with Crippen LogP contribution in [-0.4, -0.2) is 18.6 Å². The maximum atomic E-state index is 11.1. The summed E-state index contributed by atoms with van der Waals surface area (Å²) in [6, 6.07) is 9.04. The lowest BCUT2D eigenvalue weighted by Crippen LogP contribution is -2.23. The topological polar surface area (TPSA) is 52.3 Å². The molecule has 0 bridgehead atoms. The van der Waals surface area contributed by atoms with Crippen LogP contribution in [0, 0.1) is 11.8 Å². The van der Waals surface area contributed by atoms with Crippen LogP contribution in [0.3, 0.4) is 0 Å². The largest absolute Gasteiger partial charge is 0.466 e. The highest BCUT2D eigenvalue weighted by atomic mass is 16.5. The lowest BCUT2D eigenvalue weighted by Gasteiger charge is -2.03. The molecule has 0 aliphatic carbocycles. The number of benzene rings is 1. The van der Waals surface area contributed by atoms with Crippen molar-refractivity contribution >= 4 is 5.97 Å². The molecular formula is C13H15NO2. The van der Waals surface area contributed by atoms with Crippen molar-refractivity contribution in [1.29, 1.82) is 0 Å². The molecule has 84 valence electrons. The van der Waals surface area contributed by atoms with Gasteiger partial charge in [0.1, 0.15) is 0 Å². The summed E-state index contributed by atoms with van der Waals surface area (Å²) >= 11 is 0. The molecule has 16 heavy (non-hydrogen) atoms. The average molecular weight is 217 g/mol. The quantitative estimate of drug-likeness (QED) is 0.613. The number of ether oxygens (including phenoxy) is 1.